The van der Waals surface area contributed by atoms with Gasteiger partial charge in [0.05, 0.1) is 30.0 Å². The molecule has 3 aromatic rings. The maximum absolute atomic E-state index is 6.20. The summed E-state index contributed by atoms with van der Waals surface area (Å²) in [5, 5.41) is 5.50. The third kappa shape index (κ3) is 3.83. The molecule has 0 aromatic carbocycles. The number of piperidine rings is 1. The van der Waals surface area contributed by atoms with Crippen molar-refractivity contribution < 1.29 is 4.74 Å². The van der Waals surface area contributed by atoms with Crippen molar-refractivity contribution in [1.82, 2.24) is 24.7 Å². The van der Waals surface area contributed by atoms with Crippen LogP contribution in [0.1, 0.15) is 56.0 Å². The number of pyridine rings is 1. The molecule has 1 aliphatic heterocycles. The minimum Gasteiger partial charge on any atom is -0.370 e. The fourth-order valence-electron chi connectivity index (χ4n) is 4.58. The van der Waals surface area contributed by atoms with Gasteiger partial charge in [-0.05, 0) is 37.8 Å². The van der Waals surface area contributed by atoms with Crippen LogP contribution in [0.5, 0.6) is 0 Å². The average Bonchev–Trinajstić information content (AvgIpc) is 3.43. The number of fused-ring (bicyclic) bond motifs is 1. The standard InChI is InChI=1S/C22H28N6O/c1-27-21-19(13-24-27)22(26-20(25-21)16-7-2-3-8-16)28-12-6-10-18(14-28)29-15-17-9-4-5-11-23-17/h4-5,9,11,13,16,18H,2-3,6-8,10,12,14-15H2,1H3. The normalized spacial score (nSPS) is 20.6. The maximum Gasteiger partial charge on any atom is 0.163 e. The molecule has 7 heteroatoms. The van der Waals surface area contributed by atoms with Gasteiger partial charge in [0.1, 0.15) is 11.6 Å². The van der Waals surface area contributed by atoms with Gasteiger partial charge < -0.3 is 9.64 Å². The molecule has 29 heavy (non-hydrogen) atoms. The summed E-state index contributed by atoms with van der Waals surface area (Å²) >= 11 is 0. The topological polar surface area (TPSA) is 69.0 Å². The zero-order chi connectivity index (χ0) is 19.6. The van der Waals surface area contributed by atoms with Crippen molar-refractivity contribution in [2.45, 2.75) is 57.2 Å². The number of hydrogen-bond acceptors (Lipinski definition) is 6. The summed E-state index contributed by atoms with van der Waals surface area (Å²) in [5.74, 6) is 2.50. The number of nitrogens with zero attached hydrogens (tertiary/aromatic N) is 6. The summed E-state index contributed by atoms with van der Waals surface area (Å²) < 4.78 is 8.07. The highest BCUT2D eigenvalue weighted by Gasteiger charge is 2.27. The summed E-state index contributed by atoms with van der Waals surface area (Å²) in [4.78, 5) is 16.7. The fraction of sp³-hybridized carbons (Fsp3) is 0.545. The Morgan fingerprint density at radius 2 is 2.00 bits per heavy atom. The molecule has 4 heterocycles. The lowest BCUT2D eigenvalue weighted by atomic mass is 10.1. The number of aromatic nitrogens is 5. The van der Waals surface area contributed by atoms with Crippen LogP contribution >= 0.6 is 0 Å². The third-order valence-electron chi connectivity index (χ3n) is 6.18. The summed E-state index contributed by atoms with van der Waals surface area (Å²) in [5.41, 5.74) is 1.92. The molecule has 2 fully saturated rings. The van der Waals surface area contributed by atoms with Gasteiger partial charge in [0.2, 0.25) is 0 Å². The quantitative estimate of drug-likeness (QED) is 0.661. The van der Waals surface area contributed by atoms with E-state index in [-0.39, 0.29) is 6.10 Å². The van der Waals surface area contributed by atoms with E-state index in [1.807, 2.05) is 42.3 Å². The second-order valence-electron chi connectivity index (χ2n) is 8.23. The minimum absolute atomic E-state index is 0.183. The van der Waals surface area contributed by atoms with Gasteiger partial charge in [-0.2, -0.15) is 5.10 Å². The summed E-state index contributed by atoms with van der Waals surface area (Å²) in [6, 6.07) is 5.95. The number of rotatable bonds is 5. The van der Waals surface area contributed by atoms with Crippen LogP contribution in [0, 0.1) is 0 Å². The fourth-order valence-corrected chi connectivity index (χ4v) is 4.58. The van der Waals surface area contributed by atoms with Gasteiger partial charge in [-0.1, -0.05) is 18.9 Å². The molecule has 0 radical (unpaired) electrons. The monoisotopic (exact) mass is 392 g/mol. The lowest BCUT2D eigenvalue weighted by molar-refractivity contribution is 0.0297. The zero-order valence-electron chi connectivity index (χ0n) is 17.0. The average molecular weight is 393 g/mol. The molecule has 0 bridgehead atoms. The first-order valence-corrected chi connectivity index (χ1v) is 10.7. The van der Waals surface area contributed by atoms with Crippen LogP contribution in [-0.4, -0.2) is 43.9 Å². The molecule has 152 valence electrons. The van der Waals surface area contributed by atoms with Crippen molar-refractivity contribution in [2.75, 3.05) is 18.0 Å². The van der Waals surface area contributed by atoms with E-state index in [0.717, 1.165) is 54.3 Å². The van der Waals surface area contributed by atoms with E-state index >= 15 is 0 Å². The van der Waals surface area contributed by atoms with Crippen LogP contribution in [0.3, 0.4) is 0 Å². The van der Waals surface area contributed by atoms with Crippen LogP contribution < -0.4 is 4.90 Å². The van der Waals surface area contributed by atoms with E-state index in [4.69, 9.17) is 14.7 Å². The minimum atomic E-state index is 0.183. The SMILES string of the molecule is Cn1ncc2c(N3CCCC(OCc4ccccn4)C3)nc(C3CCCC3)nc21. The summed E-state index contributed by atoms with van der Waals surface area (Å²) in [6.45, 7) is 2.39. The Kier molecular flexibility index (Phi) is 5.14. The van der Waals surface area contributed by atoms with Crippen LogP contribution in [0.25, 0.3) is 11.0 Å². The van der Waals surface area contributed by atoms with Gasteiger partial charge >= 0.3 is 0 Å². The third-order valence-corrected chi connectivity index (χ3v) is 6.18. The molecule has 1 aliphatic carbocycles. The van der Waals surface area contributed by atoms with Gasteiger partial charge in [0.15, 0.2) is 5.65 Å². The lowest BCUT2D eigenvalue weighted by Crippen LogP contribution is -2.40. The van der Waals surface area contributed by atoms with Crippen molar-refractivity contribution in [2.24, 2.45) is 7.05 Å². The molecule has 1 atom stereocenters. The Labute approximate surface area is 171 Å². The van der Waals surface area contributed by atoms with Gasteiger partial charge in [-0.25, -0.2) is 9.97 Å². The molecule has 2 aliphatic rings. The molecular weight excluding hydrogens is 364 g/mol. The van der Waals surface area contributed by atoms with Crippen LogP contribution in [-0.2, 0) is 18.4 Å². The summed E-state index contributed by atoms with van der Waals surface area (Å²) in [7, 11) is 1.96. The van der Waals surface area contributed by atoms with E-state index in [1.54, 1.807) is 0 Å². The number of ether oxygens (including phenoxy) is 1. The van der Waals surface area contributed by atoms with Crippen molar-refractivity contribution in [3.63, 3.8) is 0 Å². The maximum atomic E-state index is 6.20. The van der Waals surface area contributed by atoms with Crippen molar-refractivity contribution in [3.05, 3.63) is 42.1 Å². The van der Waals surface area contributed by atoms with Gasteiger partial charge in [0, 0.05) is 32.3 Å². The smallest absolute Gasteiger partial charge is 0.163 e. The molecule has 1 saturated carbocycles. The van der Waals surface area contributed by atoms with Crippen LogP contribution in [0.15, 0.2) is 30.6 Å². The Bertz CT molecular complexity index is 966. The molecule has 0 amide bonds. The first-order valence-electron chi connectivity index (χ1n) is 10.7. The van der Waals surface area contributed by atoms with E-state index in [0.29, 0.717) is 12.5 Å². The molecule has 0 N–H and O–H groups in total. The highest BCUT2D eigenvalue weighted by atomic mass is 16.5. The van der Waals surface area contributed by atoms with E-state index < -0.39 is 0 Å². The molecule has 7 nitrogen and oxygen atoms in total. The number of aryl methyl sites for hydroxylation is 1. The number of hydrogen-bond donors (Lipinski definition) is 0. The van der Waals surface area contributed by atoms with Crippen molar-refractivity contribution in [3.8, 4) is 0 Å². The molecular formula is C22H28N6O. The zero-order valence-corrected chi connectivity index (χ0v) is 17.0. The Hall–Kier alpha value is -2.54. The van der Waals surface area contributed by atoms with Crippen LogP contribution in [0.2, 0.25) is 0 Å². The van der Waals surface area contributed by atoms with Gasteiger partial charge in [-0.3, -0.25) is 9.67 Å². The Balaban J connectivity index is 1.38. The van der Waals surface area contributed by atoms with E-state index in [9.17, 15) is 0 Å². The Morgan fingerprint density at radius 1 is 1.10 bits per heavy atom. The molecule has 3 aromatic heterocycles. The van der Waals surface area contributed by atoms with Crippen LogP contribution in [0.4, 0.5) is 5.82 Å². The second-order valence-corrected chi connectivity index (χ2v) is 8.23. The van der Waals surface area contributed by atoms with Crippen molar-refractivity contribution >= 4 is 16.9 Å². The molecule has 1 saturated heterocycles. The first-order chi connectivity index (χ1) is 14.3. The number of anilines is 1. The summed E-state index contributed by atoms with van der Waals surface area (Å²) in [6.07, 6.45) is 11.0. The van der Waals surface area contributed by atoms with Crippen molar-refractivity contribution in [1.29, 1.82) is 0 Å². The second kappa shape index (κ2) is 8.06. The molecule has 0 spiro atoms. The molecule has 5 rings (SSSR count). The van der Waals surface area contributed by atoms with E-state index in [2.05, 4.69) is 15.0 Å². The highest BCUT2D eigenvalue weighted by molar-refractivity contribution is 5.87. The predicted molar refractivity (Wildman–Crippen MR) is 112 cm³/mol. The highest BCUT2D eigenvalue weighted by Crippen LogP contribution is 2.35. The predicted octanol–water partition coefficient (Wildman–Crippen LogP) is 3.60. The first kappa shape index (κ1) is 18.5. The van der Waals surface area contributed by atoms with E-state index in [1.165, 1.54) is 25.7 Å². The van der Waals surface area contributed by atoms with Gasteiger partial charge in [-0.15, -0.1) is 0 Å². The largest absolute Gasteiger partial charge is 0.370 e. The lowest BCUT2D eigenvalue weighted by Gasteiger charge is -2.34. The molecule has 1 unspecified atom stereocenters. The Morgan fingerprint density at radius 3 is 2.83 bits per heavy atom. The van der Waals surface area contributed by atoms with Gasteiger partial charge in [0.25, 0.3) is 0 Å².